The molecule has 0 aliphatic heterocycles. The second-order valence-corrected chi connectivity index (χ2v) is 4.78. The van der Waals surface area contributed by atoms with E-state index >= 15 is 0 Å². The van der Waals surface area contributed by atoms with Crippen LogP contribution in [-0.2, 0) is 0 Å². The van der Waals surface area contributed by atoms with Crippen molar-refractivity contribution in [1.29, 1.82) is 0 Å². The molecule has 1 saturated carbocycles. The molecule has 1 rings (SSSR count). The average molecular weight is 156 g/mol. The number of rotatable bonds is 1. The van der Waals surface area contributed by atoms with E-state index in [9.17, 15) is 0 Å². The predicted octanol–water partition coefficient (Wildman–Crippen LogP) is 2.30. The zero-order chi connectivity index (χ0) is 8.65. The first-order chi connectivity index (χ1) is 4.99. The number of aliphatic hydroxyl groups excluding tert-OH is 1. The highest BCUT2D eigenvalue weighted by Gasteiger charge is 2.42. The van der Waals surface area contributed by atoms with Gasteiger partial charge in [0.25, 0.3) is 0 Å². The second kappa shape index (κ2) is 2.78. The van der Waals surface area contributed by atoms with Gasteiger partial charge in [0.05, 0.1) is 0 Å². The van der Waals surface area contributed by atoms with Gasteiger partial charge in [-0.2, -0.15) is 0 Å². The normalized spacial score (nSPS) is 42.8. The van der Waals surface area contributed by atoms with Crippen LogP contribution in [0, 0.1) is 23.2 Å². The van der Waals surface area contributed by atoms with Crippen LogP contribution in [0.5, 0.6) is 0 Å². The lowest BCUT2D eigenvalue weighted by molar-refractivity contribution is 0.191. The largest absolute Gasteiger partial charge is 0.396 e. The molecule has 0 saturated heterocycles. The first-order valence-electron chi connectivity index (χ1n) is 4.60. The standard InChI is InChI=1S/C10H20O/c1-7-8(2)10(3,4)5-9(7)6-11/h7-9,11H,5-6H2,1-4H3/t7-,8+,9+/m0/s1. The molecule has 1 aliphatic carbocycles. The maximum absolute atomic E-state index is 9.09. The Hall–Kier alpha value is -0.0400. The predicted molar refractivity (Wildman–Crippen MR) is 47.3 cm³/mol. The second-order valence-electron chi connectivity index (χ2n) is 4.78. The van der Waals surface area contributed by atoms with Crippen molar-refractivity contribution in [3.8, 4) is 0 Å². The zero-order valence-corrected chi connectivity index (χ0v) is 8.09. The van der Waals surface area contributed by atoms with Gasteiger partial charge in [0.1, 0.15) is 0 Å². The maximum atomic E-state index is 9.09. The van der Waals surface area contributed by atoms with Crippen LogP contribution >= 0.6 is 0 Å². The van der Waals surface area contributed by atoms with Crippen LogP contribution in [0.25, 0.3) is 0 Å². The first-order valence-corrected chi connectivity index (χ1v) is 4.60. The third kappa shape index (κ3) is 1.44. The smallest absolute Gasteiger partial charge is 0.0462 e. The van der Waals surface area contributed by atoms with Crippen molar-refractivity contribution in [3.05, 3.63) is 0 Å². The molecule has 0 aromatic heterocycles. The van der Waals surface area contributed by atoms with Crippen molar-refractivity contribution >= 4 is 0 Å². The van der Waals surface area contributed by atoms with Crippen LogP contribution in [-0.4, -0.2) is 11.7 Å². The maximum Gasteiger partial charge on any atom is 0.0462 e. The average Bonchev–Trinajstić information content (AvgIpc) is 2.13. The van der Waals surface area contributed by atoms with E-state index in [2.05, 4.69) is 27.7 Å². The van der Waals surface area contributed by atoms with E-state index in [1.165, 1.54) is 6.42 Å². The molecule has 1 heteroatoms. The van der Waals surface area contributed by atoms with Crippen molar-refractivity contribution < 1.29 is 5.11 Å². The highest BCUT2D eigenvalue weighted by molar-refractivity contribution is 4.91. The Morgan fingerprint density at radius 1 is 1.36 bits per heavy atom. The Labute approximate surface area is 69.8 Å². The topological polar surface area (TPSA) is 20.2 Å². The summed E-state index contributed by atoms with van der Waals surface area (Å²) in [5.74, 6) is 1.98. The van der Waals surface area contributed by atoms with Gasteiger partial charge in [-0.1, -0.05) is 27.7 Å². The van der Waals surface area contributed by atoms with E-state index in [1.54, 1.807) is 0 Å². The summed E-state index contributed by atoms with van der Waals surface area (Å²) in [5.41, 5.74) is 0.437. The molecule has 0 spiro atoms. The third-order valence-electron chi connectivity index (χ3n) is 3.79. The summed E-state index contributed by atoms with van der Waals surface area (Å²) in [6, 6.07) is 0. The molecule has 11 heavy (non-hydrogen) atoms. The van der Waals surface area contributed by atoms with Crippen molar-refractivity contribution in [2.45, 2.75) is 34.1 Å². The summed E-state index contributed by atoms with van der Waals surface area (Å²) in [6.07, 6.45) is 1.19. The summed E-state index contributed by atoms with van der Waals surface area (Å²) in [5, 5.41) is 9.09. The Kier molecular flexibility index (Phi) is 2.29. The summed E-state index contributed by atoms with van der Waals surface area (Å²) < 4.78 is 0. The SMILES string of the molecule is C[C@@H]1[C@@H](CO)CC(C)(C)[C@@H]1C. The van der Waals surface area contributed by atoms with Gasteiger partial charge in [0.2, 0.25) is 0 Å². The van der Waals surface area contributed by atoms with Gasteiger partial charge >= 0.3 is 0 Å². The highest BCUT2D eigenvalue weighted by Crippen LogP contribution is 2.49. The number of hydrogen-bond acceptors (Lipinski definition) is 1. The van der Waals surface area contributed by atoms with E-state index < -0.39 is 0 Å². The van der Waals surface area contributed by atoms with E-state index in [-0.39, 0.29) is 0 Å². The molecule has 0 bridgehead atoms. The summed E-state index contributed by atoms with van der Waals surface area (Å²) in [4.78, 5) is 0. The minimum Gasteiger partial charge on any atom is -0.396 e. The fraction of sp³-hybridized carbons (Fsp3) is 1.00. The molecule has 66 valence electrons. The Morgan fingerprint density at radius 2 is 1.91 bits per heavy atom. The molecule has 1 aliphatic rings. The van der Waals surface area contributed by atoms with Gasteiger partial charge in [-0.3, -0.25) is 0 Å². The van der Waals surface area contributed by atoms with Crippen LogP contribution in [0.2, 0.25) is 0 Å². The molecular weight excluding hydrogens is 136 g/mol. The molecule has 1 fully saturated rings. The molecular formula is C10H20O. The number of aliphatic hydroxyl groups is 1. The molecule has 1 N–H and O–H groups in total. The first kappa shape index (κ1) is 9.05. The molecule has 0 aromatic carbocycles. The Morgan fingerprint density at radius 3 is 2.09 bits per heavy atom. The lowest BCUT2D eigenvalue weighted by Gasteiger charge is -2.25. The van der Waals surface area contributed by atoms with E-state index in [0.29, 0.717) is 23.9 Å². The van der Waals surface area contributed by atoms with E-state index in [0.717, 1.165) is 5.92 Å². The van der Waals surface area contributed by atoms with Crippen molar-refractivity contribution in [3.63, 3.8) is 0 Å². The highest BCUT2D eigenvalue weighted by atomic mass is 16.3. The molecule has 0 amide bonds. The Balaban J connectivity index is 2.69. The lowest BCUT2D eigenvalue weighted by Crippen LogP contribution is -2.17. The zero-order valence-electron chi connectivity index (χ0n) is 8.09. The van der Waals surface area contributed by atoms with Crippen LogP contribution in [0.3, 0.4) is 0 Å². The van der Waals surface area contributed by atoms with Gasteiger partial charge in [0, 0.05) is 6.61 Å². The monoisotopic (exact) mass is 156 g/mol. The van der Waals surface area contributed by atoms with Crippen LogP contribution in [0.4, 0.5) is 0 Å². The lowest BCUT2D eigenvalue weighted by atomic mass is 9.81. The molecule has 0 aromatic rings. The minimum absolute atomic E-state index is 0.370. The van der Waals surface area contributed by atoms with Crippen molar-refractivity contribution in [2.75, 3.05) is 6.61 Å². The minimum atomic E-state index is 0.370. The van der Waals surface area contributed by atoms with Crippen LogP contribution < -0.4 is 0 Å². The summed E-state index contributed by atoms with van der Waals surface area (Å²) in [6.45, 7) is 9.56. The Bertz CT molecular complexity index is 140. The summed E-state index contributed by atoms with van der Waals surface area (Å²) in [7, 11) is 0. The molecule has 0 radical (unpaired) electrons. The van der Waals surface area contributed by atoms with Gasteiger partial charge in [-0.25, -0.2) is 0 Å². The molecule has 3 atom stereocenters. The molecule has 1 nitrogen and oxygen atoms in total. The molecule has 0 heterocycles. The fourth-order valence-corrected chi connectivity index (χ4v) is 2.40. The van der Waals surface area contributed by atoms with Gasteiger partial charge in [-0.05, 0) is 29.6 Å². The van der Waals surface area contributed by atoms with E-state index in [4.69, 9.17) is 5.11 Å². The third-order valence-corrected chi connectivity index (χ3v) is 3.79. The van der Waals surface area contributed by atoms with Crippen molar-refractivity contribution in [2.24, 2.45) is 23.2 Å². The van der Waals surface area contributed by atoms with Gasteiger partial charge in [-0.15, -0.1) is 0 Å². The summed E-state index contributed by atoms with van der Waals surface area (Å²) >= 11 is 0. The van der Waals surface area contributed by atoms with Crippen LogP contribution in [0.15, 0.2) is 0 Å². The number of hydrogen-bond donors (Lipinski definition) is 1. The quantitative estimate of drug-likeness (QED) is 0.617. The van der Waals surface area contributed by atoms with E-state index in [1.807, 2.05) is 0 Å². The van der Waals surface area contributed by atoms with Crippen molar-refractivity contribution in [1.82, 2.24) is 0 Å². The fourth-order valence-electron chi connectivity index (χ4n) is 2.40. The van der Waals surface area contributed by atoms with Gasteiger partial charge in [0.15, 0.2) is 0 Å². The van der Waals surface area contributed by atoms with Gasteiger partial charge < -0.3 is 5.11 Å². The van der Waals surface area contributed by atoms with Crippen LogP contribution in [0.1, 0.15) is 34.1 Å². The molecule has 0 unspecified atom stereocenters.